The topological polar surface area (TPSA) is 126 Å². The van der Waals surface area contributed by atoms with Crippen LogP contribution in [0.15, 0.2) is 42.6 Å². The Labute approximate surface area is 267 Å². The number of alkyl halides is 2. The number of hydrogen-bond donors (Lipinski definition) is 1. The minimum absolute atomic E-state index is 0.0232. The Morgan fingerprint density at radius 1 is 1.09 bits per heavy atom. The van der Waals surface area contributed by atoms with Crippen molar-refractivity contribution in [2.24, 2.45) is 0 Å². The number of nitrogens with one attached hydrogen (secondary N) is 1. The van der Waals surface area contributed by atoms with Gasteiger partial charge in [-0.05, 0) is 96.1 Å². The van der Waals surface area contributed by atoms with Gasteiger partial charge >= 0.3 is 12.0 Å². The fraction of sp³-hybridized carbons (Fsp3) is 0.485. The quantitative estimate of drug-likeness (QED) is 0.331. The molecule has 0 bridgehead atoms. The second-order valence-corrected chi connectivity index (χ2v) is 12.6. The molecule has 13 heteroatoms. The normalized spacial score (nSPS) is 18.8. The van der Waals surface area contributed by atoms with E-state index in [1.807, 2.05) is 18.2 Å². The minimum atomic E-state index is -3.35. The highest BCUT2D eigenvalue weighted by molar-refractivity contribution is 5.68. The molecule has 2 aliphatic rings. The van der Waals surface area contributed by atoms with Crippen LogP contribution in [-0.4, -0.2) is 88.8 Å². The van der Waals surface area contributed by atoms with Crippen LogP contribution in [0, 0.1) is 11.3 Å². The molecule has 0 spiro atoms. The molecule has 5 rings (SSSR count). The first-order chi connectivity index (χ1) is 21.8. The number of nitriles is 1. The Balaban J connectivity index is 1.28. The first-order valence-electron chi connectivity index (χ1n) is 15.3. The zero-order valence-electron chi connectivity index (χ0n) is 26.7. The van der Waals surface area contributed by atoms with Gasteiger partial charge in [-0.3, -0.25) is 0 Å². The molecule has 3 aromatic rings. The molecule has 1 amide bonds. The van der Waals surface area contributed by atoms with Gasteiger partial charge in [-0.15, -0.1) is 0 Å². The van der Waals surface area contributed by atoms with E-state index in [4.69, 9.17) is 14.2 Å². The fourth-order valence-electron chi connectivity index (χ4n) is 5.59. The van der Waals surface area contributed by atoms with Crippen molar-refractivity contribution in [3.63, 3.8) is 0 Å². The third-order valence-electron chi connectivity index (χ3n) is 7.99. The lowest BCUT2D eigenvalue weighted by atomic mass is 9.90. The number of amides is 1. The molecule has 0 radical (unpaired) electrons. The molecular formula is C33H39F2N7O4. The zero-order valence-corrected chi connectivity index (χ0v) is 26.7. The minimum Gasteiger partial charge on any atom is -0.483 e. The van der Waals surface area contributed by atoms with E-state index in [1.54, 1.807) is 46.2 Å². The predicted octanol–water partition coefficient (Wildman–Crippen LogP) is 6.00. The standard InChI is InChI=1S/C33H39F2N7O4/c1-32(2,3)46-31(43)42-17-13-27(33(34,35)20-42)45-26-8-6-22(18-23(26)19-36)25-10-14-37-30(38-25)40-28-9-7-24(29(39-28)44-5)21-11-15-41(4)16-12-21/h6-10,14,18,21,27H,11-13,15-17,20H2,1-5H3,(H,37,38,39,40). The number of aromatic nitrogens is 3. The van der Waals surface area contributed by atoms with E-state index in [9.17, 15) is 10.1 Å². The number of methoxy groups -OCH3 is 1. The van der Waals surface area contributed by atoms with Gasteiger partial charge in [0.15, 0.2) is 6.10 Å². The van der Waals surface area contributed by atoms with Crippen molar-refractivity contribution in [3.05, 3.63) is 53.7 Å². The van der Waals surface area contributed by atoms with Crippen molar-refractivity contribution in [3.8, 4) is 29.0 Å². The van der Waals surface area contributed by atoms with Crippen molar-refractivity contribution in [1.82, 2.24) is 24.8 Å². The number of likely N-dealkylation sites (tertiary alicyclic amines) is 2. The van der Waals surface area contributed by atoms with Gasteiger partial charge in [0, 0.05) is 30.3 Å². The smallest absolute Gasteiger partial charge is 0.410 e. The van der Waals surface area contributed by atoms with E-state index in [0.717, 1.165) is 36.4 Å². The van der Waals surface area contributed by atoms with Crippen LogP contribution in [-0.2, 0) is 4.74 Å². The van der Waals surface area contributed by atoms with Crippen LogP contribution >= 0.6 is 0 Å². The van der Waals surface area contributed by atoms with Crippen molar-refractivity contribution in [2.45, 2.75) is 63.6 Å². The molecule has 46 heavy (non-hydrogen) atoms. The Kier molecular flexibility index (Phi) is 9.58. The Morgan fingerprint density at radius 3 is 2.52 bits per heavy atom. The summed E-state index contributed by atoms with van der Waals surface area (Å²) in [5.74, 6) is -1.58. The van der Waals surface area contributed by atoms with Crippen LogP contribution in [0.1, 0.15) is 57.1 Å². The average Bonchev–Trinajstić information content (AvgIpc) is 3.01. The number of ether oxygens (including phenoxy) is 3. The molecule has 0 aliphatic carbocycles. The van der Waals surface area contributed by atoms with Crippen LogP contribution < -0.4 is 14.8 Å². The van der Waals surface area contributed by atoms with Gasteiger partial charge in [-0.25, -0.2) is 23.5 Å². The van der Waals surface area contributed by atoms with Crippen LogP contribution in [0.4, 0.5) is 25.3 Å². The summed E-state index contributed by atoms with van der Waals surface area (Å²) < 4.78 is 46.7. The highest BCUT2D eigenvalue weighted by Gasteiger charge is 2.48. The monoisotopic (exact) mass is 635 g/mol. The number of halogens is 2. The van der Waals surface area contributed by atoms with Crippen molar-refractivity contribution in [1.29, 1.82) is 5.26 Å². The summed E-state index contributed by atoms with van der Waals surface area (Å²) in [5, 5.41) is 13.0. The number of carbonyl (C=O) groups excluding carboxylic acids is 1. The second-order valence-electron chi connectivity index (χ2n) is 12.6. The summed E-state index contributed by atoms with van der Waals surface area (Å²) in [6, 6.07) is 12.3. The van der Waals surface area contributed by atoms with Crippen molar-refractivity contribution < 1.29 is 27.8 Å². The lowest BCUT2D eigenvalue weighted by Gasteiger charge is -2.38. The van der Waals surface area contributed by atoms with Gasteiger partial charge in [0.2, 0.25) is 11.8 Å². The summed E-state index contributed by atoms with van der Waals surface area (Å²) >= 11 is 0. The number of nitrogens with zero attached hydrogens (tertiary/aromatic N) is 6. The maximum absolute atomic E-state index is 15.1. The summed E-state index contributed by atoms with van der Waals surface area (Å²) in [6.45, 7) is 6.27. The van der Waals surface area contributed by atoms with E-state index in [2.05, 4.69) is 32.2 Å². The molecule has 2 aromatic heterocycles. The fourth-order valence-corrected chi connectivity index (χ4v) is 5.59. The molecule has 2 saturated heterocycles. The average molecular weight is 636 g/mol. The Hall–Kier alpha value is -4.57. The molecule has 4 heterocycles. The van der Waals surface area contributed by atoms with E-state index in [1.165, 1.54) is 12.1 Å². The maximum Gasteiger partial charge on any atom is 0.410 e. The number of carbonyl (C=O) groups is 1. The van der Waals surface area contributed by atoms with Crippen LogP contribution in [0.25, 0.3) is 11.3 Å². The number of anilines is 2. The number of piperidine rings is 2. The highest BCUT2D eigenvalue weighted by atomic mass is 19.3. The van der Waals surface area contributed by atoms with Gasteiger partial charge in [0.25, 0.3) is 0 Å². The zero-order chi connectivity index (χ0) is 33.1. The van der Waals surface area contributed by atoms with Gasteiger partial charge in [0.05, 0.1) is 24.9 Å². The molecule has 2 aliphatic heterocycles. The molecule has 1 aromatic carbocycles. The molecule has 0 saturated carbocycles. The van der Waals surface area contributed by atoms with Gasteiger partial charge < -0.3 is 29.3 Å². The van der Waals surface area contributed by atoms with E-state index in [0.29, 0.717) is 28.9 Å². The second kappa shape index (κ2) is 13.4. The Morgan fingerprint density at radius 2 is 1.85 bits per heavy atom. The highest BCUT2D eigenvalue weighted by Crippen LogP contribution is 2.36. The molecule has 11 nitrogen and oxygen atoms in total. The van der Waals surface area contributed by atoms with E-state index < -0.39 is 30.3 Å². The van der Waals surface area contributed by atoms with Crippen molar-refractivity contribution in [2.75, 3.05) is 45.7 Å². The molecule has 244 valence electrons. The molecular weight excluding hydrogens is 596 g/mol. The van der Waals surface area contributed by atoms with Crippen molar-refractivity contribution >= 4 is 17.9 Å². The molecule has 1 N–H and O–H groups in total. The summed E-state index contributed by atoms with van der Waals surface area (Å²) in [5.41, 5.74) is 1.43. The SMILES string of the molecule is COc1nc(Nc2nccc(-c3ccc(OC4CCN(C(=O)OC(C)(C)C)CC4(F)F)c(C#N)c3)n2)ccc1C1CCN(C)CC1. The molecule has 1 unspecified atom stereocenters. The number of hydrogen-bond acceptors (Lipinski definition) is 10. The van der Waals surface area contributed by atoms with Crippen LogP contribution in [0.5, 0.6) is 11.6 Å². The lowest BCUT2D eigenvalue weighted by Crippen LogP contribution is -2.56. The van der Waals surface area contributed by atoms with Gasteiger partial charge in [0.1, 0.15) is 23.2 Å². The predicted molar refractivity (Wildman–Crippen MR) is 168 cm³/mol. The Bertz CT molecular complexity index is 1600. The van der Waals surface area contributed by atoms with Gasteiger partial charge in [-0.2, -0.15) is 10.2 Å². The summed E-state index contributed by atoms with van der Waals surface area (Å²) in [6.07, 6.45) is 1.20. The van der Waals surface area contributed by atoms with Gasteiger partial charge in [-0.1, -0.05) is 0 Å². The van der Waals surface area contributed by atoms with E-state index >= 15 is 8.78 Å². The number of pyridine rings is 1. The first-order valence-corrected chi connectivity index (χ1v) is 15.3. The number of rotatable bonds is 7. The molecule has 2 fully saturated rings. The third-order valence-corrected chi connectivity index (χ3v) is 7.99. The maximum atomic E-state index is 15.1. The third kappa shape index (κ3) is 7.80. The molecule has 1 atom stereocenters. The largest absolute Gasteiger partial charge is 0.483 e. The van der Waals surface area contributed by atoms with E-state index in [-0.39, 0.29) is 30.2 Å². The summed E-state index contributed by atoms with van der Waals surface area (Å²) in [4.78, 5) is 29.2. The summed E-state index contributed by atoms with van der Waals surface area (Å²) in [7, 11) is 3.73. The number of benzene rings is 1. The van der Waals surface area contributed by atoms with Crippen LogP contribution in [0.3, 0.4) is 0 Å². The lowest BCUT2D eigenvalue weighted by molar-refractivity contribution is -0.137. The van der Waals surface area contributed by atoms with Crippen LogP contribution in [0.2, 0.25) is 0 Å². The first kappa shape index (κ1) is 32.8.